The molecule has 0 unspecified atom stereocenters. The highest BCUT2D eigenvalue weighted by Crippen LogP contribution is 2.06. The van der Waals surface area contributed by atoms with E-state index >= 15 is 0 Å². The number of oxazole rings is 1. The monoisotopic (exact) mass is 260 g/mol. The number of hydrogen-bond acceptors (Lipinski definition) is 5. The largest absolute Gasteiger partial charge is 0.444 e. The number of aryl methyl sites for hydroxylation is 1. The van der Waals surface area contributed by atoms with Crippen molar-refractivity contribution in [2.75, 3.05) is 12.4 Å². The number of hydrogen-bond donors (Lipinski definition) is 2. The van der Waals surface area contributed by atoms with Crippen LogP contribution in [0.4, 0.5) is 5.82 Å². The summed E-state index contributed by atoms with van der Waals surface area (Å²) in [5, 5.41) is 5.63. The van der Waals surface area contributed by atoms with Crippen LogP contribution in [0.2, 0.25) is 0 Å². The van der Waals surface area contributed by atoms with E-state index in [9.17, 15) is 4.79 Å². The van der Waals surface area contributed by atoms with Gasteiger partial charge in [-0.2, -0.15) is 0 Å². The summed E-state index contributed by atoms with van der Waals surface area (Å²) < 4.78 is 5.40. The maximum atomic E-state index is 11.9. The number of aromatic nitrogens is 2. The standard InChI is InChI=1S/C13H16N4O2/c1-3-10-7-16-12(19-10)8-17-13(18)9-4-5-11(14-2)15-6-9/h4-7H,3,8H2,1-2H3,(H,14,15)(H,17,18). The minimum absolute atomic E-state index is 0.202. The van der Waals surface area contributed by atoms with E-state index in [-0.39, 0.29) is 12.5 Å². The van der Waals surface area contributed by atoms with E-state index < -0.39 is 0 Å². The fraction of sp³-hybridized carbons (Fsp3) is 0.308. The van der Waals surface area contributed by atoms with E-state index in [0.29, 0.717) is 11.5 Å². The van der Waals surface area contributed by atoms with Crippen LogP contribution < -0.4 is 10.6 Å². The minimum Gasteiger partial charge on any atom is -0.444 e. The van der Waals surface area contributed by atoms with E-state index in [4.69, 9.17) is 4.42 Å². The third kappa shape index (κ3) is 3.31. The lowest BCUT2D eigenvalue weighted by atomic mass is 10.2. The van der Waals surface area contributed by atoms with Crippen LogP contribution >= 0.6 is 0 Å². The summed E-state index contributed by atoms with van der Waals surface area (Å²) in [5.74, 6) is 1.83. The van der Waals surface area contributed by atoms with Gasteiger partial charge in [0.1, 0.15) is 11.6 Å². The van der Waals surface area contributed by atoms with Gasteiger partial charge in [-0.1, -0.05) is 6.92 Å². The van der Waals surface area contributed by atoms with Crippen molar-refractivity contribution < 1.29 is 9.21 Å². The minimum atomic E-state index is -0.202. The van der Waals surface area contributed by atoms with Crippen LogP contribution in [-0.4, -0.2) is 22.9 Å². The fourth-order valence-electron chi connectivity index (χ4n) is 1.53. The SMILES string of the molecule is CCc1cnc(CNC(=O)c2ccc(NC)nc2)o1. The zero-order valence-electron chi connectivity index (χ0n) is 10.9. The summed E-state index contributed by atoms with van der Waals surface area (Å²) in [7, 11) is 1.77. The van der Waals surface area contributed by atoms with Crippen molar-refractivity contribution in [1.82, 2.24) is 15.3 Å². The molecule has 2 N–H and O–H groups in total. The molecule has 1 amide bonds. The third-order valence-corrected chi connectivity index (χ3v) is 2.63. The summed E-state index contributed by atoms with van der Waals surface area (Å²) >= 11 is 0. The molecule has 0 fully saturated rings. The highest BCUT2D eigenvalue weighted by molar-refractivity contribution is 5.93. The Balaban J connectivity index is 1.93. The second kappa shape index (κ2) is 5.99. The molecule has 0 aliphatic rings. The van der Waals surface area contributed by atoms with Gasteiger partial charge in [-0.25, -0.2) is 9.97 Å². The molecule has 100 valence electrons. The Bertz CT molecular complexity index is 548. The Hall–Kier alpha value is -2.37. The number of carbonyl (C=O) groups is 1. The normalized spacial score (nSPS) is 10.2. The van der Waals surface area contributed by atoms with Crippen LogP contribution in [0.25, 0.3) is 0 Å². The number of pyridine rings is 1. The Morgan fingerprint density at radius 3 is 2.74 bits per heavy atom. The summed E-state index contributed by atoms with van der Waals surface area (Å²) in [6.07, 6.45) is 3.98. The Labute approximate surface area is 111 Å². The molecule has 2 aromatic rings. The van der Waals surface area contributed by atoms with Crippen LogP contribution in [0.1, 0.15) is 28.9 Å². The van der Waals surface area contributed by atoms with Gasteiger partial charge < -0.3 is 15.1 Å². The smallest absolute Gasteiger partial charge is 0.253 e. The van der Waals surface area contributed by atoms with Gasteiger partial charge in [0.15, 0.2) is 0 Å². The highest BCUT2D eigenvalue weighted by Gasteiger charge is 2.08. The number of nitrogens with one attached hydrogen (secondary N) is 2. The van der Waals surface area contributed by atoms with Gasteiger partial charge >= 0.3 is 0 Å². The molecule has 0 spiro atoms. The molecule has 0 saturated heterocycles. The van der Waals surface area contributed by atoms with E-state index in [2.05, 4.69) is 20.6 Å². The molecule has 2 rings (SSSR count). The number of carbonyl (C=O) groups excluding carboxylic acids is 1. The lowest BCUT2D eigenvalue weighted by Crippen LogP contribution is -2.23. The molecule has 0 aromatic carbocycles. The average Bonchev–Trinajstić information content (AvgIpc) is 2.93. The van der Waals surface area contributed by atoms with E-state index in [0.717, 1.165) is 18.0 Å². The van der Waals surface area contributed by atoms with Crippen LogP contribution in [-0.2, 0) is 13.0 Å². The lowest BCUT2D eigenvalue weighted by Gasteiger charge is -2.03. The summed E-state index contributed by atoms with van der Waals surface area (Å²) in [6.45, 7) is 2.25. The van der Waals surface area contributed by atoms with Crippen LogP contribution in [0.15, 0.2) is 28.9 Å². The number of rotatable bonds is 5. The van der Waals surface area contributed by atoms with Crippen molar-refractivity contribution in [2.24, 2.45) is 0 Å². The number of anilines is 1. The first-order valence-corrected chi connectivity index (χ1v) is 6.08. The fourth-order valence-corrected chi connectivity index (χ4v) is 1.53. The molecular weight excluding hydrogens is 244 g/mol. The first-order chi connectivity index (χ1) is 9.22. The van der Waals surface area contributed by atoms with Gasteiger partial charge in [-0.15, -0.1) is 0 Å². The molecule has 6 heteroatoms. The van der Waals surface area contributed by atoms with E-state index in [1.54, 1.807) is 25.4 Å². The van der Waals surface area contributed by atoms with Crippen molar-refractivity contribution in [3.63, 3.8) is 0 Å². The van der Waals surface area contributed by atoms with Crippen molar-refractivity contribution in [1.29, 1.82) is 0 Å². The molecular formula is C13H16N4O2. The predicted molar refractivity (Wildman–Crippen MR) is 70.8 cm³/mol. The first kappa shape index (κ1) is 13.1. The molecule has 6 nitrogen and oxygen atoms in total. The Morgan fingerprint density at radius 1 is 1.32 bits per heavy atom. The van der Waals surface area contributed by atoms with Gasteiger partial charge in [0.25, 0.3) is 5.91 Å². The van der Waals surface area contributed by atoms with Crippen LogP contribution in [0.5, 0.6) is 0 Å². The van der Waals surface area contributed by atoms with Crippen molar-refractivity contribution in [3.8, 4) is 0 Å². The topological polar surface area (TPSA) is 80.0 Å². The molecule has 0 aliphatic heterocycles. The maximum absolute atomic E-state index is 11.9. The molecule has 2 aromatic heterocycles. The number of nitrogens with zero attached hydrogens (tertiary/aromatic N) is 2. The highest BCUT2D eigenvalue weighted by atomic mass is 16.4. The average molecular weight is 260 g/mol. The Morgan fingerprint density at radius 2 is 2.16 bits per heavy atom. The quantitative estimate of drug-likeness (QED) is 0.853. The third-order valence-electron chi connectivity index (χ3n) is 2.63. The van der Waals surface area contributed by atoms with Gasteiger partial charge in [0.05, 0.1) is 18.3 Å². The number of amides is 1. The van der Waals surface area contributed by atoms with E-state index in [1.807, 2.05) is 6.92 Å². The molecule has 0 atom stereocenters. The Kier molecular flexibility index (Phi) is 4.12. The molecule has 0 radical (unpaired) electrons. The van der Waals surface area contributed by atoms with Gasteiger partial charge in [0.2, 0.25) is 5.89 Å². The van der Waals surface area contributed by atoms with Gasteiger partial charge in [0, 0.05) is 19.7 Å². The summed E-state index contributed by atoms with van der Waals surface area (Å²) in [4.78, 5) is 20.0. The first-order valence-electron chi connectivity index (χ1n) is 6.08. The van der Waals surface area contributed by atoms with Crippen LogP contribution in [0, 0.1) is 0 Å². The molecule has 0 saturated carbocycles. The van der Waals surface area contributed by atoms with Crippen molar-refractivity contribution in [3.05, 3.63) is 41.7 Å². The maximum Gasteiger partial charge on any atom is 0.253 e. The zero-order chi connectivity index (χ0) is 13.7. The molecule has 2 heterocycles. The zero-order valence-corrected chi connectivity index (χ0v) is 10.9. The van der Waals surface area contributed by atoms with Crippen LogP contribution in [0.3, 0.4) is 0 Å². The molecule has 0 aliphatic carbocycles. The molecule has 0 bridgehead atoms. The summed E-state index contributed by atoms with van der Waals surface area (Å²) in [5.41, 5.74) is 0.501. The second-order valence-corrected chi connectivity index (χ2v) is 3.94. The molecule has 19 heavy (non-hydrogen) atoms. The lowest BCUT2D eigenvalue weighted by molar-refractivity contribution is 0.0946. The van der Waals surface area contributed by atoms with Gasteiger partial charge in [-0.05, 0) is 12.1 Å². The summed E-state index contributed by atoms with van der Waals surface area (Å²) in [6, 6.07) is 3.45. The second-order valence-electron chi connectivity index (χ2n) is 3.94. The van der Waals surface area contributed by atoms with Crippen molar-refractivity contribution in [2.45, 2.75) is 19.9 Å². The predicted octanol–water partition coefficient (Wildman–Crippen LogP) is 1.60. The van der Waals surface area contributed by atoms with E-state index in [1.165, 1.54) is 6.20 Å². The van der Waals surface area contributed by atoms with Gasteiger partial charge in [-0.3, -0.25) is 4.79 Å². The van der Waals surface area contributed by atoms with Crippen molar-refractivity contribution >= 4 is 11.7 Å².